The second kappa shape index (κ2) is 7.63. The molecule has 4 heteroatoms. The summed E-state index contributed by atoms with van der Waals surface area (Å²) in [5.41, 5.74) is 2.15. The molecule has 4 nitrogen and oxygen atoms in total. The molecule has 0 spiro atoms. The van der Waals surface area contributed by atoms with Gasteiger partial charge in [-0.1, -0.05) is 12.1 Å². The summed E-state index contributed by atoms with van der Waals surface area (Å²) >= 11 is 0. The summed E-state index contributed by atoms with van der Waals surface area (Å²) < 4.78 is 5.83. The Hall–Kier alpha value is -1.55. The number of aliphatic hydroxyl groups excluding tert-OH is 1. The third kappa shape index (κ3) is 4.73. The van der Waals surface area contributed by atoms with Gasteiger partial charge in [0.1, 0.15) is 5.75 Å². The van der Waals surface area contributed by atoms with Gasteiger partial charge < -0.3 is 15.2 Å². The van der Waals surface area contributed by atoms with E-state index in [2.05, 4.69) is 5.32 Å². The number of hydrogen-bond donors (Lipinski definition) is 2. The fraction of sp³-hybridized carbons (Fsp3) is 0.611. The van der Waals surface area contributed by atoms with Crippen molar-refractivity contribution in [3.8, 4) is 5.75 Å². The Morgan fingerprint density at radius 2 is 2.00 bits per heavy atom. The van der Waals surface area contributed by atoms with Crippen molar-refractivity contribution < 1.29 is 14.6 Å². The van der Waals surface area contributed by atoms with Gasteiger partial charge in [0, 0.05) is 18.0 Å². The van der Waals surface area contributed by atoms with Crippen LogP contribution in [0.1, 0.15) is 50.7 Å². The van der Waals surface area contributed by atoms with Crippen LogP contribution in [-0.4, -0.2) is 23.2 Å². The smallest absolute Gasteiger partial charge is 0.223 e. The molecule has 0 radical (unpaired) electrons. The molecule has 0 unspecified atom stereocenters. The molecule has 1 aromatic rings. The molecule has 0 atom stereocenters. The van der Waals surface area contributed by atoms with Crippen molar-refractivity contribution in [2.75, 3.05) is 0 Å². The summed E-state index contributed by atoms with van der Waals surface area (Å²) in [6, 6.07) is 6.06. The normalized spacial score (nSPS) is 21.7. The van der Waals surface area contributed by atoms with Crippen LogP contribution in [0.4, 0.5) is 0 Å². The molecule has 1 aliphatic rings. The molecule has 2 N–H and O–H groups in total. The molecule has 0 saturated heterocycles. The van der Waals surface area contributed by atoms with Gasteiger partial charge in [0.15, 0.2) is 0 Å². The van der Waals surface area contributed by atoms with Crippen molar-refractivity contribution in [1.82, 2.24) is 5.32 Å². The highest BCUT2D eigenvalue weighted by Crippen LogP contribution is 2.25. The number of benzene rings is 1. The van der Waals surface area contributed by atoms with Gasteiger partial charge in [-0.05, 0) is 58.1 Å². The zero-order valence-electron chi connectivity index (χ0n) is 13.8. The maximum atomic E-state index is 12.2. The highest BCUT2D eigenvalue weighted by Gasteiger charge is 2.25. The van der Waals surface area contributed by atoms with Crippen LogP contribution in [0.15, 0.2) is 18.2 Å². The number of rotatable bonds is 5. The highest BCUT2D eigenvalue weighted by atomic mass is 16.5. The highest BCUT2D eigenvalue weighted by molar-refractivity contribution is 5.78. The van der Waals surface area contributed by atoms with Crippen LogP contribution in [0, 0.1) is 12.8 Å². The maximum Gasteiger partial charge on any atom is 0.223 e. The average molecular weight is 305 g/mol. The molecule has 2 rings (SSSR count). The van der Waals surface area contributed by atoms with E-state index in [-0.39, 0.29) is 24.0 Å². The van der Waals surface area contributed by atoms with E-state index >= 15 is 0 Å². The molecule has 1 fully saturated rings. The minimum Gasteiger partial charge on any atom is -0.491 e. The fourth-order valence-electron chi connectivity index (χ4n) is 2.84. The number of carbonyl (C=O) groups excluding carboxylic acids is 1. The lowest BCUT2D eigenvalue weighted by Gasteiger charge is -2.24. The lowest BCUT2D eigenvalue weighted by molar-refractivity contribution is -0.126. The number of aryl methyl sites for hydroxylation is 1. The summed E-state index contributed by atoms with van der Waals surface area (Å²) in [6.07, 6.45) is 2.88. The molecule has 1 saturated carbocycles. The zero-order chi connectivity index (χ0) is 16.1. The van der Waals surface area contributed by atoms with Crippen molar-refractivity contribution in [3.05, 3.63) is 29.3 Å². The number of aliphatic hydroxyl groups is 1. The number of amides is 1. The van der Waals surface area contributed by atoms with Crippen LogP contribution < -0.4 is 10.1 Å². The van der Waals surface area contributed by atoms with Crippen LogP contribution in [-0.2, 0) is 11.3 Å². The second-order valence-corrected chi connectivity index (χ2v) is 6.50. The summed E-state index contributed by atoms with van der Waals surface area (Å²) in [5, 5.41) is 12.5. The predicted octanol–water partition coefficient (Wildman–Crippen LogP) is 2.95. The maximum absolute atomic E-state index is 12.2. The van der Waals surface area contributed by atoms with Crippen LogP contribution in [0.5, 0.6) is 5.75 Å². The Balaban J connectivity index is 1.94. The molecule has 1 amide bonds. The monoisotopic (exact) mass is 305 g/mol. The van der Waals surface area contributed by atoms with Crippen molar-refractivity contribution in [1.29, 1.82) is 0 Å². The molecule has 0 heterocycles. The minimum absolute atomic E-state index is 0.0308. The molecule has 0 aliphatic heterocycles. The van der Waals surface area contributed by atoms with Gasteiger partial charge in [-0.15, -0.1) is 0 Å². The SMILES string of the molecule is Cc1ccc(CNC(=O)C2CCC(O)CC2)c(OC(C)C)c1. The van der Waals surface area contributed by atoms with Gasteiger partial charge in [-0.2, -0.15) is 0 Å². The van der Waals surface area contributed by atoms with Gasteiger partial charge in [0.25, 0.3) is 0 Å². The molecular weight excluding hydrogens is 278 g/mol. The summed E-state index contributed by atoms with van der Waals surface area (Å²) in [5.74, 6) is 0.959. The Labute approximate surface area is 132 Å². The van der Waals surface area contributed by atoms with Gasteiger partial charge >= 0.3 is 0 Å². The Morgan fingerprint density at radius 1 is 1.32 bits per heavy atom. The van der Waals surface area contributed by atoms with E-state index in [1.54, 1.807) is 0 Å². The number of nitrogens with one attached hydrogen (secondary N) is 1. The Bertz CT molecular complexity index is 505. The second-order valence-electron chi connectivity index (χ2n) is 6.50. The first-order valence-electron chi connectivity index (χ1n) is 8.17. The molecule has 0 aromatic heterocycles. The lowest BCUT2D eigenvalue weighted by atomic mass is 9.87. The number of carbonyl (C=O) groups is 1. The quantitative estimate of drug-likeness (QED) is 0.879. The van der Waals surface area contributed by atoms with E-state index in [1.807, 2.05) is 39.0 Å². The summed E-state index contributed by atoms with van der Waals surface area (Å²) in [7, 11) is 0. The van der Waals surface area contributed by atoms with E-state index in [0.29, 0.717) is 6.54 Å². The van der Waals surface area contributed by atoms with E-state index in [1.165, 1.54) is 0 Å². The van der Waals surface area contributed by atoms with Gasteiger partial charge in [-0.3, -0.25) is 4.79 Å². The summed E-state index contributed by atoms with van der Waals surface area (Å²) in [6.45, 7) is 6.51. The average Bonchev–Trinajstić information content (AvgIpc) is 2.46. The van der Waals surface area contributed by atoms with Crippen LogP contribution in [0.2, 0.25) is 0 Å². The van der Waals surface area contributed by atoms with E-state index in [0.717, 1.165) is 42.6 Å². The largest absolute Gasteiger partial charge is 0.491 e. The van der Waals surface area contributed by atoms with Crippen LogP contribution in [0.3, 0.4) is 0 Å². The molecule has 1 aliphatic carbocycles. The van der Waals surface area contributed by atoms with Crippen LogP contribution >= 0.6 is 0 Å². The number of ether oxygens (including phenoxy) is 1. The fourth-order valence-corrected chi connectivity index (χ4v) is 2.84. The summed E-state index contributed by atoms with van der Waals surface area (Å²) in [4.78, 5) is 12.2. The van der Waals surface area contributed by atoms with Crippen LogP contribution in [0.25, 0.3) is 0 Å². The van der Waals surface area contributed by atoms with Crippen molar-refractivity contribution in [3.63, 3.8) is 0 Å². The first-order valence-corrected chi connectivity index (χ1v) is 8.17. The third-order valence-electron chi connectivity index (χ3n) is 4.11. The minimum atomic E-state index is -0.229. The van der Waals surface area contributed by atoms with Gasteiger partial charge in [0.2, 0.25) is 5.91 Å². The molecular formula is C18H27NO3. The number of hydrogen-bond acceptors (Lipinski definition) is 3. The van der Waals surface area contributed by atoms with Crippen molar-refractivity contribution >= 4 is 5.91 Å². The predicted molar refractivity (Wildman–Crippen MR) is 86.8 cm³/mol. The zero-order valence-corrected chi connectivity index (χ0v) is 13.8. The topological polar surface area (TPSA) is 58.6 Å². The van der Waals surface area contributed by atoms with E-state index in [9.17, 15) is 9.90 Å². The van der Waals surface area contributed by atoms with Crippen molar-refractivity contribution in [2.45, 2.75) is 65.2 Å². The van der Waals surface area contributed by atoms with Crippen molar-refractivity contribution in [2.24, 2.45) is 5.92 Å². The Morgan fingerprint density at radius 3 is 2.64 bits per heavy atom. The first-order chi connectivity index (χ1) is 10.5. The van der Waals surface area contributed by atoms with E-state index in [4.69, 9.17) is 4.74 Å². The van der Waals surface area contributed by atoms with Gasteiger partial charge in [-0.25, -0.2) is 0 Å². The standard InChI is InChI=1S/C18H27NO3/c1-12(2)22-17-10-13(3)4-5-15(17)11-19-18(21)14-6-8-16(20)9-7-14/h4-5,10,12,14,16,20H,6-9,11H2,1-3H3,(H,19,21). The molecule has 22 heavy (non-hydrogen) atoms. The Kier molecular flexibility index (Phi) is 5.83. The molecule has 0 bridgehead atoms. The van der Waals surface area contributed by atoms with Gasteiger partial charge in [0.05, 0.1) is 12.2 Å². The van der Waals surface area contributed by atoms with E-state index < -0.39 is 0 Å². The molecule has 1 aromatic carbocycles. The first kappa shape index (κ1) is 16.8. The third-order valence-corrected chi connectivity index (χ3v) is 4.11. The lowest BCUT2D eigenvalue weighted by Crippen LogP contribution is -2.33. The molecule has 122 valence electrons.